The fourth-order valence-corrected chi connectivity index (χ4v) is 12.9. The molecule has 9 atom stereocenters. The second-order valence-corrected chi connectivity index (χ2v) is 17.3. The summed E-state index contributed by atoms with van der Waals surface area (Å²) in [7, 11) is 0. The highest BCUT2D eigenvalue weighted by Crippen LogP contribution is 2.77. The van der Waals surface area contributed by atoms with Crippen LogP contribution in [0.15, 0.2) is 42.0 Å². The van der Waals surface area contributed by atoms with Crippen molar-refractivity contribution in [1.82, 2.24) is 0 Å². The molecule has 0 unspecified atom stereocenters. The Bertz CT molecular complexity index is 1340. The van der Waals surface area contributed by atoms with Gasteiger partial charge in [0, 0.05) is 8.99 Å². The number of rotatable bonds is 3. The number of hydrogen-bond donors (Lipinski definition) is 1. The number of carboxylic acid groups (broad SMARTS) is 1. The zero-order chi connectivity index (χ0) is 29.8. The van der Waals surface area contributed by atoms with Crippen LogP contribution in [0.5, 0.6) is 0 Å². The third kappa shape index (κ3) is 3.93. The fourth-order valence-electron chi connectivity index (χ4n) is 12.3. The summed E-state index contributed by atoms with van der Waals surface area (Å²) >= 11 is 2.35. The maximum Gasteiger partial charge on any atom is 0.309 e. The van der Waals surface area contributed by atoms with Crippen LogP contribution in [0.4, 0.5) is 0 Å². The molecule has 5 saturated carbocycles. The van der Waals surface area contributed by atoms with Crippen molar-refractivity contribution in [1.29, 1.82) is 0 Å². The molecular formula is C37H49IO3. The number of carbonyl (C=O) groups is 2. The Hall–Kier alpha value is -1.43. The predicted molar refractivity (Wildman–Crippen MR) is 174 cm³/mol. The summed E-state index contributed by atoms with van der Waals surface area (Å²) in [5, 5.41) is 10.6. The summed E-state index contributed by atoms with van der Waals surface area (Å²) in [5.41, 5.74) is 2.59. The average Bonchev–Trinajstić information content (AvgIpc) is 3.29. The second kappa shape index (κ2) is 9.53. The summed E-state index contributed by atoms with van der Waals surface area (Å²) in [5.74, 6) is 1.58. The van der Waals surface area contributed by atoms with Crippen molar-refractivity contribution in [2.75, 3.05) is 0 Å². The average molecular weight is 669 g/mol. The molecule has 5 aliphatic carbocycles. The highest BCUT2D eigenvalue weighted by atomic mass is 127. The minimum atomic E-state index is -0.583. The quantitative estimate of drug-likeness (QED) is 0.198. The van der Waals surface area contributed by atoms with E-state index in [1.165, 1.54) is 9.14 Å². The smallest absolute Gasteiger partial charge is 0.309 e. The van der Waals surface area contributed by atoms with Crippen molar-refractivity contribution < 1.29 is 14.7 Å². The molecule has 0 amide bonds. The van der Waals surface area contributed by atoms with E-state index in [-0.39, 0.29) is 27.6 Å². The van der Waals surface area contributed by atoms with Crippen molar-refractivity contribution in [3.05, 3.63) is 51.1 Å². The lowest BCUT2D eigenvalue weighted by Crippen LogP contribution is -2.67. The van der Waals surface area contributed by atoms with Crippen LogP contribution in [-0.2, 0) is 9.59 Å². The van der Waals surface area contributed by atoms with Gasteiger partial charge in [-0.15, -0.1) is 0 Å². The van der Waals surface area contributed by atoms with Gasteiger partial charge in [0.1, 0.15) is 0 Å². The number of hydrogen-bond acceptors (Lipinski definition) is 2. The van der Waals surface area contributed by atoms with Crippen LogP contribution in [-0.4, -0.2) is 16.9 Å². The minimum absolute atomic E-state index is 0.0386. The number of fused-ring (bicyclic) bond motifs is 7. The molecule has 0 bridgehead atoms. The normalized spacial score (nSPS) is 45.8. The molecule has 0 radical (unpaired) electrons. The van der Waals surface area contributed by atoms with E-state index in [0.29, 0.717) is 29.5 Å². The molecule has 1 aromatic carbocycles. The van der Waals surface area contributed by atoms with E-state index in [1.807, 2.05) is 0 Å². The molecule has 1 aromatic rings. The number of carboxylic acids is 1. The van der Waals surface area contributed by atoms with E-state index in [4.69, 9.17) is 0 Å². The van der Waals surface area contributed by atoms with Gasteiger partial charge in [0.15, 0.2) is 5.78 Å². The molecule has 4 heteroatoms. The minimum Gasteiger partial charge on any atom is -0.481 e. The molecular weight excluding hydrogens is 619 g/mol. The zero-order valence-corrected chi connectivity index (χ0v) is 28.1. The Morgan fingerprint density at radius 1 is 0.976 bits per heavy atom. The number of ketones is 1. The Kier molecular flexibility index (Phi) is 6.89. The van der Waals surface area contributed by atoms with Gasteiger partial charge in [-0.05, 0) is 162 Å². The van der Waals surface area contributed by atoms with Gasteiger partial charge in [0.05, 0.1) is 5.41 Å². The third-order valence-corrected chi connectivity index (χ3v) is 14.9. The lowest BCUT2D eigenvalue weighted by Gasteiger charge is -2.72. The summed E-state index contributed by atoms with van der Waals surface area (Å²) in [6.07, 6.45) is 11.1. The van der Waals surface area contributed by atoms with Crippen LogP contribution in [0, 0.1) is 60.2 Å². The molecule has 222 valence electrons. The van der Waals surface area contributed by atoms with Crippen LogP contribution in [0.1, 0.15) is 105 Å². The number of carbonyl (C=O) groups excluding carboxylic acids is 1. The van der Waals surface area contributed by atoms with E-state index in [9.17, 15) is 14.7 Å². The Labute approximate surface area is 261 Å². The van der Waals surface area contributed by atoms with Gasteiger partial charge in [0.2, 0.25) is 0 Å². The first-order chi connectivity index (χ1) is 19.1. The Morgan fingerprint density at radius 3 is 2.37 bits per heavy atom. The lowest BCUT2D eigenvalue weighted by molar-refractivity contribution is -0.231. The molecule has 41 heavy (non-hydrogen) atoms. The van der Waals surface area contributed by atoms with E-state index in [0.717, 1.165) is 68.9 Å². The van der Waals surface area contributed by atoms with Gasteiger partial charge in [-0.25, -0.2) is 0 Å². The van der Waals surface area contributed by atoms with Gasteiger partial charge in [-0.2, -0.15) is 0 Å². The lowest BCUT2D eigenvalue weighted by atomic mass is 9.32. The standard InChI is InChI=1S/C37H49IO3/c1-22(2)26-13-16-37(32(40)41)18-17-35(6)27(30(26)37)11-12-29-34(5)21-24(19-23-9-8-10-25(38)20-23)31(39)33(3,4)28(34)14-15-36(29,35)7/h8-10,19-20,26-30H,1,11-18,21H2,2-7H3,(H,40,41)/t26-,27-,28-,29+,30+,34+,35+,36-,37+/m1/s1. The first-order valence-corrected chi connectivity index (χ1v) is 17.1. The van der Waals surface area contributed by atoms with Crippen molar-refractivity contribution >= 4 is 40.4 Å². The Morgan fingerprint density at radius 2 is 1.71 bits per heavy atom. The van der Waals surface area contributed by atoms with Gasteiger partial charge in [-0.3, -0.25) is 9.59 Å². The van der Waals surface area contributed by atoms with Crippen molar-refractivity contribution in [2.45, 2.75) is 99.3 Å². The maximum atomic E-state index is 14.1. The van der Waals surface area contributed by atoms with Gasteiger partial charge < -0.3 is 5.11 Å². The molecule has 0 aromatic heterocycles. The largest absolute Gasteiger partial charge is 0.481 e. The highest BCUT2D eigenvalue weighted by Gasteiger charge is 2.72. The molecule has 0 spiro atoms. The van der Waals surface area contributed by atoms with Gasteiger partial charge in [-0.1, -0.05) is 58.9 Å². The fraction of sp³-hybridized carbons (Fsp3) is 0.676. The molecule has 1 N–H and O–H groups in total. The number of aliphatic carboxylic acids is 1. The van der Waals surface area contributed by atoms with Crippen LogP contribution >= 0.6 is 22.6 Å². The first kappa shape index (κ1) is 29.6. The topological polar surface area (TPSA) is 54.4 Å². The Balaban J connectivity index is 1.42. The summed E-state index contributed by atoms with van der Waals surface area (Å²) < 4.78 is 1.19. The molecule has 0 heterocycles. The molecule has 3 nitrogen and oxygen atoms in total. The third-order valence-electron chi connectivity index (χ3n) is 14.3. The monoisotopic (exact) mass is 668 g/mol. The molecule has 6 rings (SSSR count). The van der Waals surface area contributed by atoms with Crippen LogP contribution < -0.4 is 0 Å². The summed E-state index contributed by atoms with van der Waals surface area (Å²) in [6.45, 7) is 18.6. The first-order valence-electron chi connectivity index (χ1n) is 16.0. The van der Waals surface area contributed by atoms with E-state index < -0.39 is 11.4 Å². The van der Waals surface area contributed by atoms with Gasteiger partial charge >= 0.3 is 5.97 Å². The maximum absolute atomic E-state index is 14.1. The van der Waals surface area contributed by atoms with Gasteiger partial charge in [0.25, 0.3) is 0 Å². The SMILES string of the molecule is C=C(C)[C@H]1CC[C@]2(C(=O)O)CC[C@@]3(C)[C@H](CC[C@H]4[C@@]5(C)CC(=Cc6cccc(I)c6)C(=O)C(C)(C)[C@H]5CC[C@]43C)[C@H]12. The summed E-state index contributed by atoms with van der Waals surface area (Å²) in [4.78, 5) is 27.0. The highest BCUT2D eigenvalue weighted by molar-refractivity contribution is 14.1. The number of halogens is 1. The number of allylic oxidation sites excluding steroid dienone is 2. The number of benzene rings is 1. The molecule has 5 aliphatic rings. The summed E-state index contributed by atoms with van der Waals surface area (Å²) in [6, 6.07) is 8.48. The second-order valence-electron chi connectivity index (χ2n) is 16.1. The number of Topliss-reactive ketones (excluding diaryl/α,β-unsaturated/α-hetero) is 1. The zero-order valence-electron chi connectivity index (χ0n) is 26.0. The predicted octanol–water partition coefficient (Wildman–Crippen LogP) is 9.60. The van der Waals surface area contributed by atoms with Crippen LogP contribution in [0.25, 0.3) is 6.08 Å². The van der Waals surface area contributed by atoms with E-state index in [2.05, 4.69) is 101 Å². The van der Waals surface area contributed by atoms with Crippen molar-refractivity contribution in [3.63, 3.8) is 0 Å². The van der Waals surface area contributed by atoms with E-state index in [1.54, 1.807) is 0 Å². The molecule has 5 fully saturated rings. The van der Waals surface area contributed by atoms with Crippen molar-refractivity contribution in [3.8, 4) is 0 Å². The van der Waals surface area contributed by atoms with E-state index >= 15 is 0 Å². The van der Waals surface area contributed by atoms with Crippen molar-refractivity contribution in [2.24, 2.45) is 56.7 Å². The van der Waals surface area contributed by atoms with Crippen LogP contribution in [0.3, 0.4) is 0 Å². The molecule has 0 aliphatic heterocycles. The van der Waals surface area contributed by atoms with Crippen LogP contribution in [0.2, 0.25) is 0 Å². The molecule has 0 saturated heterocycles.